The van der Waals surface area contributed by atoms with Gasteiger partial charge in [-0.25, -0.2) is 0 Å². The molecule has 26 heavy (non-hydrogen) atoms. The van der Waals surface area contributed by atoms with Gasteiger partial charge in [0, 0.05) is 4.88 Å². The molecule has 0 nitrogen and oxygen atoms in total. The van der Waals surface area contributed by atoms with Gasteiger partial charge in [0.05, 0.1) is 9.40 Å². The average Bonchev–Trinajstić information content (AvgIpc) is 3.26. The topological polar surface area (TPSA) is 0 Å². The van der Waals surface area contributed by atoms with E-state index in [0.29, 0.717) is 0 Å². The molecule has 0 spiro atoms. The first kappa shape index (κ1) is 19.9. The summed E-state index contributed by atoms with van der Waals surface area (Å²) >= 11 is 4.02. The van der Waals surface area contributed by atoms with E-state index < -0.39 is 0 Å². The molecule has 1 aromatic carbocycles. The number of benzene rings is 1. The van der Waals surface area contributed by atoms with E-state index in [1.165, 1.54) is 87.1 Å². The quantitative estimate of drug-likeness (QED) is 0.272. The predicted octanol–water partition coefficient (Wildman–Crippen LogP) is 9.14. The SMILES string of the molecule is CCCCCCCc1sc2c(ccc3ccsc32)c1CCCCCCC. The van der Waals surface area contributed by atoms with E-state index in [-0.39, 0.29) is 0 Å². The second-order valence-electron chi connectivity index (χ2n) is 7.61. The zero-order valence-electron chi connectivity index (χ0n) is 16.6. The van der Waals surface area contributed by atoms with Crippen molar-refractivity contribution in [1.82, 2.24) is 0 Å². The number of thiophene rings is 2. The third-order valence-corrected chi connectivity index (χ3v) is 7.90. The predicted molar refractivity (Wildman–Crippen MR) is 122 cm³/mol. The Morgan fingerprint density at radius 3 is 2.12 bits per heavy atom. The van der Waals surface area contributed by atoms with Crippen LogP contribution in [0.5, 0.6) is 0 Å². The highest BCUT2D eigenvalue weighted by atomic mass is 32.1. The standard InChI is InChI=1S/C24H34S2/c1-3-5-7-9-11-13-20-21-16-15-19-17-18-25-23(19)24(21)26-22(20)14-12-10-8-6-4-2/h15-18H,3-14H2,1-2H3. The minimum atomic E-state index is 1.28. The molecule has 2 aromatic heterocycles. The molecule has 3 aromatic rings. The molecule has 0 saturated heterocycles. The zero-order chi connectivity index (χ0) is 18.2. The monoisotopic (exact) mass is 386 g/mol. The van der Waals surface area contributed by atoms with E-state index in [0.717, 1.165) is 0 Å². The molecule has 0 N–H and O–H groups in total. The van der Waals surface area contributed by atoms with Crippen LogP contribution in [0.25, 0.3) is 20.2 Å². The zero-order valence-corrected chi connectivity index (χ0v) is 18.2. The van der Waals surface area contributed by atoms with Crippen LogP contribution in [-0.4, -0.2) is 0 Å². The summed E-state index contributed by atoms with van der Waals surface area (Å²) in [6, 6.07) is 7.02. The Kier molecular flexibility index (Phi) is 8.01. The highest BCUT2D eigenvalue weighted by molar-refractivity contribution is 7.26. The van der Waals surface area contributed by atoms with Crippen LogP contribution in [0.1, 0.15) is 88.5 Å². The van der Waals surface area contributed by atoms with Crippen molar-refractivity contribution in [1.29, 1.82) is 0 Å². The third-order valence-electron chi connectivity index (χ3n) is 5.50. The maximum atomic E-state index is 2.41. The maximum absolute atomic E-state index is 2.41. The van der Waals surface area contributed by atoms with Crippen LogP contribution in [0.3, 0.4) is 0 Å². The summed E-state index contributed by atoms with van der Waals surface area (Å²) < 4.78 is 3.07. The Balaban J connectivity index is 1.76. The fraction of sp³-hybridized carbons (Fsp3) is 0.583. The Bertz CT molecular complexity index is 793. The lowest BCUT2D eigenvalue weighted by molar-refractivity contribution is 0.624. The molecule has 0 amide bonds. The fourth-order valence-electron chi connectivity index (χ4n) is 3.95. The molecule has 0 fully saturated rings. The molecular formula is C24H34S2. The molecule has 0 aliphatic carbocycles. The Hall–Kier alpha value is -0.860. The lowest BCUT2D eigenvalue weighted by atomic mass is 10.00. The second-order valence-corrected chi connectivity index (χ2v) is 9.63. The number of rotatable bonds is 12. The van der Waals surface area contributed by atoms with E-state index >= 15 is 0 Å². The summed E-state index contributed by atoms with van der Waals surface area (Å²) in [6.45, 7) is 4.60. The van der Waals surface area contributed by atoms with Crippen molar-refractivity contribution in [3.8, 4) is 0 Å². The van der Waals surface area contributed by atoms with Gasteiger partial charge in [-0.3, -0.25) is 0 Å². The summed E-state index contributed by atoms with van der Waals surface area (Å²) in [7, 11) is 0. The first-order valence-corrected chi connectivity index (χ1v) is 12.4. The van der Waals surface area contributed by atoms with Gasteiger partial charge in [-0.05, 0) is 53.5 Å². The fourth-order valence-corrected chi connectivity index (χ4v) is 6.40. The van der Waals surface area contributed by atoms with Crippen LogP contribution in [0, 0.1) is 0 Å². The molecule has 2 heteroatoms. The smallest absolute Gasteiger partial charge is 0.0526 e. The van der Waals surface area contributed by atoms with Crippen LogP contribution in [0.2, 0.25) is 0 Å². The Labute approximate surface area is 167 Å². The van der Waals surface area contributed by atoms with Gasteiger partial charge in [0.15, 0.2) is 0 Å². The molecule has 0 aliphatic rings. The Morgan fingerprint density at radius 2 is 1.38 bits per heavy atom. The van der Waals surface area contributed by atoms with Crippen molar-refractivity contribution in [3.05, 3.63) is 34.0 Å². The third kappa shape index (κ3) is 4.89. The minimum Gasteiger partial charge on any atom is -0.142 e. The molecule has 0 atom stereocenters. The van der Waals surface area contributed by atoms with E-state index in [1.807, 2.05) is 11.3 Å². The number of hydrogen-bond acceptors (Lipinski definition) is 2. The van der Waals surface area contributed by atoms with Crippen LogP contribution in [0.4, 0.5) is 0 Å². The van der Waals surface area contributed by atoms with Gasteiger partial charge in [-0.15, -0.1) is 22.7 Å². The first-order valence-electron chi connectivity index (χ1n) is 10.8. The van der Waals surface area contributed by atoms with Crippen molar-refractivity contribution in [2.45, 2.75) is 90.9 Å². The molecule has 2 heterocycles. The highest BCUT2D eigenvalue weighted by Gasteiger charge is 2.14. The normalized spacial score (nSPS) is 11.8. The van der Waals surface area contributed by atoms with Crippen molar-refractivity contribution < 1.29 is 0 Å². The molecule has 0 aliphatic heterocycles. The van der Waals surface area contributed by atoms with Crippen molar-refractivity contribution in [2.24, 2.45) is 0 Å². The van der Waals surface area contributed by atoms with E-state index in [2.05, 4.69) is 48.8 Å². The number of unbranched alkanes of at least 4 members (excludes halogenated alkanes) is 8. The van der Waals surface area contributed by atoms with Crippen LogP contribution < -0.4 is 0 Å². The van der Waals surface area contributed by atoms with Crippen molar-refractivity contribution in [3.63, 3.8) is 0 Å². The average molecular weight is 387 g/mol. The van der Waals surface area contributed by atoms with Gasteiger partial charge < -0.3 is 0 Å². The largest absolute Gasteiger partial charge is 0.142 e. The highest BCUT2D eigenvalue weighted by Crippen LogP contribution is 2.40. The number of hydrogen-bond donors (Lipinski definition) is 0. The summed E-state index contributed by atoms with van der Waals surface area (Å²) in [5.41, 5.74) is 1.69. The van der Waals surface area contributed by atoms with Crippen LogP contribution in [0.15, 0.2) is 23.6 Å². The van der Waals surface area contributed by atoms with E-state index in [9.17, 15) is 0 Å². The summed E-state index contributed by atoms with van der Waals surface area (Å²) in [5, 5.41) is 5.23. The van der Waals surface area contributed by atoms with E-state index in [1.54, 1.807) is 20.5 Å². The lowest BCUT2D eigenvalue weighted by Crippen LogP contribution is -1.92. The van der Waals surface area contributed by atoms with Gasteiger partial charge >= 0.3 is 0 Å². The first-order chi connectivity index (χ1) is 12.8. The summed E-state index contributed by atoms with van der Waals surface area (Å²) in [4.78, 5) is 1.69. The van der Waals surface area contributed by atoms with Gasteiger partial charge in [0.25, 0.3) is 0 Å². The number of aryl methyl sites for hydroxylation is 2. The minimum absolute atomic E-state index is 1.28. The molecule has 3 rings (SSSR count). The number of fused-ring (bicyclic) bond motifs is 3. The van der Waals surface area contributed by atoms with E-state index in [4.69, 9.17) is 0 Å². The van der Waals surface area contributed by atoms with Crippen LogP contribution in [-0.2, 0) is 12.8 Å². The molecule has 0 saturated carbocycles. The summed E-state index contributed by atoms with van der Waals surface area (Å²) in [6.07, 6.45) is 16.4. The van der Waals surface area contributed by atoms with Gasteiger partial charge in [0.2, 0.25) is 0 Å². The Morgan fingerprint density at radius 1 is 0.692 bits per heavy atom. The van der Waals surface area contributed by atoms with Crippen molar-refractivity contribution >= 4 is 42.8 Å². The second kappa shape index (κ2) is 10.5. The molecular weight excluding hydrogens is 352 g/mol. The molecule has 0 radical (unpaired) electrons. The van der Waals surface area contributed by atoms with Crippen LogP contribution >= 0.6 is 22.7 Å². The molecule has 0 unspecified atom stereocenters. The molecule has 0 bridgehead atoms. The molecule has 142 valence electrons. The maximum Gasteiger partial charge on any atom is 0.0526 e. The van der Waals surface area contributed by atoms with Gasteiger partial charge in [-0.2, -0.15) is 0 Å². The van der Waals surface area contributed by atoms with Gasteiger partial charge in [0.1, 0.15) is 0 Å². The van der Waals surface area contributed by atoms with Crippen molar-refractivity contribution in [2.75, 3.05) is 0 Å². The lowest BCUT2D eigenvalue weighted by Gasteiger charge is -2.06. The summed E-state index contributed by atoms with van der Waals surface area (Å²) in [5.74, 6) is 0. The van der Waals surface area contributed by atoms with Gasteiger partial charge in [-0.1, -0.05) is 77.3 Å².